The van der Waals surface area contributed by atoms with Crippen LogP contribution < -0.4 is 5.32 Å². The van der Waals surface area contributed by atoms with Gasteiger partial charge in [-0.3, -0.25) is 4.79 Å². The first-order chi connectivity index (χ1) is 8.69. The third-order valence-electron chi connectivity index (χ3n) is 2.12. The molecule has 0 saturated carbocycles. The van der Waals surface area contributed by atoms with Crippen LogP contribution in [0.3, 0.4) is 0 Å². The predicted molar refractivity (Wildman–Crippen MR) is 57.3 cm³/mol. The van der Waals surface area contributed by atoms with Crippen LogP contribution in [-0.2, 0) is 4.79 Å². The molecule has 19 heavy (non-hydrogen) atoms. The van der Waals surface area contributed by atoms with Crippen molar-refractivity contribution in [1.82, 2.24) is 0 Å². The molecule has 2 N–H and O–H groups in total. The number of carbonyl (C=O) groups is 2. The second-order valence-electron chi connectivity index (χ2n) is 3.66. The summed E-state index contributed by atoms with van der Waals surface area (Å²) in [5, 5.41) is 10.7. The number of halogens is 4. The molecule has 0 aliphatic heterocycles. The molecule has 0 fully saturated rings. The molecule has 0 unspecified atom stereocenters. The maximum Gasteiger partial charge on any atom is 0.389 e. The highest BCUT2D eigenvalue weighted by molar-refractivity contribution is 6.00. The maximum absolute atomic E-state index is 12.9. The number of anilines is 1. The number of aromatic carboxylic acids is 1. The van der Waals surface area contributed by atoms with Crippen molar-refractivity contribution >= 4 is 17.6 Å². The summed E-state index contributed by atoms with van der Waals surface area (Å²) in [7, 11) is 0. The third kappa shape index (κ3) is 4.94. The van der Waals surface area contributed by atoms with E-state index in [0.717, 1.165) is 18.2 Å². The van der Waals surface area contributed by atoms with Crippen molar-refractivity contribution in [1.29, 1.82) is 0 Å². The summed E-state index contributed by atoms with van der Waals surface area (Å²) in [6, 6.07) is 2.51. The largest absolute Gasteiger partial charge is 0.478 e. The van der Waals surface area contributed by atoms with Gasteiger partial charge in [-0.2, -0.15) is 13.2 Å². The molecule has 0 saturated heterocycles. The molecule has 104 valence electrons. The van der Waals surface area contributed by atoms with Gasteiger partial charge in [-0.25, -0.2) is 9.18 Å². The van der Waals surface area contributed by atoms with Gasteiger partial charge >= 0.3 is 12.1 Å². The number of hydrogen-bond donors (Lipinski definition) is 2. The monoisotopic (exact) mass is 279 g/mol. The van der Waals surface area contributed by atoms with E-state index in [1.165, 1.54) is 0 Å². The van der Waals surface area contributed by atoms with Gasteiger partial charge in [-0.05, 0) is 18.2 Å². The molecular weight excluding hydrogens is 270 g/mol. The number of amides is 1. The van der Waals surface area contributed by atoms with Crippen LogP contribution in [0.5, 0.6) is 0 Å². The van der Waals surface area contributed by atoms with Gasteiger partial charge in [0.05, 0.1) is 17.7 Å². The van der Waals surface area contributed by atoms with Gasteiger partial charge in [-0.15, -0.1) is 0 Å². The van der Waals surface area contributed by atoms with Crippen molar-refractivity contribution in [2.45, 2.75) is 19.0 Å². The van der Waals surface area contributed by atoms with Crippen molar-refractivity contribution < 1.29 is 32.3 Å². The van der Waals surface area contributed by atoms with Crippen LogP contribution in [0.15, 0.2) is 18.2 Å². The number of carboxylic acid groups (broad SMARTS) is 1. The van der Waals surface area contributed by atoms with Crippen LogP contribution in [0.1, 0.15) is 23.2 Å². The topological polar surface area (TPSA) is 66.4 Å². The summed E-state index contributed by atoms with van der Waals surface area (Å²) < 4.78 is 48.6. The Hall–Kier alpha value is -2.12. The first kappa shape index (κ1) is 14.9. The molecular formula is C11H9F4NO3. The van der Waals surface area contributed by atoms with Crippen LogP contribution in [-0.4, -0.2) is 23.2 Å². The lowest BCUT2D eigenvalue weighted by Gasteiger charge is -2.09. The molecule has 0 heterocycles. The quantitative estimate of drug-likeness (QED) is 0.833. The second kappa shape index (κ2) is 5.68. The van der Waals surface area contributed by atoms with Crippen LogP contribution >= 0.6 is 0 Å². The summed E-state index contributed by atoms with van der Waals surface area (Å²) in [6.45, 7) is 0. The predicted octanol–water partition coefficient (Wildman–Crippen LogP) is 2.80. The Labute approximate surface area is 105 Å². The van der Waals surface area contributed by atoms with E-state index in [2.05, 4.69) is 0 Å². The fourth-order valence-corrected chi connectivity index (χ4v) is 1.27. The minimum atomic E-state index is -4.49. The molecule has 0 aromatic heterocycles. The fraction of sp³-hybridized carbons (Fsp3) is 0.273. The average molecular weight is 279 g/mol. The molecule has 8 heteroatoms. The fourth-order valence-electron chi connectivity index (χ4n) is 1.27. The molecule has 0 radical (unpaired) electrons. The SMILES string of the molecule is O=C(CCC(F)(F)F)Nc1cc(F)ccc1C(=O)O. The highest BCUT2D eigenvalue weighted by Crippen LogP contribution is 2.22. The Morgan fingerprint density at radius 3 is 2.42 bits per heavy atom. The molecule has 1 amide bonds. The van der Waals surface area contributed by atoms with Crippen LogP contribution in [0, 0.1) is 5.82 Å². The Bertz CT molecular complexity index is 499. The molecule has 1 rings (SSSR count). The van der Waals surface area contributed by atoms with Crippen LogP contribution in [0.2, 0.25) is 0 Å². The lowest BCUT2D eigenvalue weighted by atomic mass is 10.1. The van der Waals surface area contributed by atoms with Crippen molar-refractivity contribution in [3.05, 3.63) is 29.6 Å². The Morgan fingerprint density at radius 2 is 1.89 bits per heavy atom. The molecule has 0 aliphatic rings. The van der Waals surface area contributed by atoms with Gasteiger partial charge in [0.15, 0.2) is 0 Å². The summed E-state index contributed by atoms with van der Waals surface area (Å²) >= 11 is 0. The van der Waals surface area contributed by atoms with E-state index in [0.29, 0.717) is 0 Å². The zero-order valence-corrected chi connectivity index (χ0v) is 9.42. The van der Waals surface area contributed by atoms with Gasteiger partial charge in [0.1, 0.15) is 5.82 Å². The molecule has 0 aliphatic carbocycles. The minimum Gasteiger partial charge on any atom is -0.478 e. The smallest absolute Gasteiger partial charge is 0.389 e. The Morgan fingerprint density at radius 1 is 1.26 bits per heavy atom. The number of nitrogens with one attached hydrogen (secondary N) is 1. The van der Waals surface area contributed by atoms with Crippen molar-refractivity contribution in [2.24, 2.45) is 0 Å². The Balaban J connectivity index is 2.78. The average Bonchev–Trinajstić information content (AvgIpc) is 2.25. The zero-order chi connectivity index (χ0) is 14.6. The van der Waals surface area contributed by atoms with Gasteiger partial charge < -0.3 is 10.4 Å². The van der Waals surface area contributed by atoms with E-state index >= 15 is 0 Å². The number of benzene rings is 1. The lowest BCUT2D eigenvalue weighted by Crippen LogP contribution is -2.18. The molecule has 0 atom stereocenters. The van der Waals surface area contributed by atoms with Gasteiger partial charge in [-0.1, -0.05) is 0 Å². The number of rotatable bonds is 4. The maximum atomic E-state index is 12.9. The first-order valence-corrected chi connectivity index (χ1v) is 5.08. The molecule has 0 bridgehead atoms. The number of hydrogen-bond acceptors (Lipinski definition) is 2. The first-order valence-electron chi connectivity index (χ1n) is 5.08. The van der Waals surface area contributed by atoms with E-state index in [1.54, 1.807) is 0 Å². The van der Waals surface area contributed by atoms with Crippen molar-refractivity contribution in [3.63, 3.8) is 0 Å². The summed E-state index contributed by atoms with van der Waals surface area (Å²) in [5.41, 5.74) is -0.776. The third-order valence-corrected chi connectivity index (χ3v) is 2.12. The number of carboxylic acids is 1. The summed E-state index contributed by atoms with van der Waals surface area (Å²) in [5.74, 6) is -3.27. The highest BCUT2D eigenvalue weighted by atomic mass is 19.4. The lowest BCUT2D eigenvalue weighted by molar-refractivity contribution is -0.142. The molecule has 1 aromatic rings. The van der Waals surface area contributed by atoms with Crippen LogP contribution in [0.4, 0.5) is 23.2 Å². The van der Waals surface area contributed by atoms with E-state index in [9.17, 15) is 27.2 Å². The number of alkyl halides is 3. The second-order valence-corrected chi connectivity index (χ2v) is 3.66. The molecule has 1 aromatic carbocycles. The van der Waals surface area contributed by atoms with Crippen molar-refractivity contribution in [3.8, 4) is 0 Å². The molecule has 4 nitrogen and oxygen atoms in total. The Kier molecular flexibility index (Phi) is 4.47. The summed E-state index contributed by atoms with van der Waals surface area (Å²) in [6.07, 6.45) is -6.69. The highest BCUT2D eigenvalue weighted by Gasteiger charge is 2.28. The van der Waals surface area contributed by atoms with E-state index in [1.807, 2.05) is 5.32 Å². The number of carbonyl (C=O) groups excluding carboxylic acids is 1. The summed E-state index contributed by atoms with van der Waals surface area (Å²) in [4.78, 5) is 22.0. The minimum absolute atomic E-state index is 0.375. The van der Waals surface area contributed by atoms with Gasteiger partial charge in [0, 0.05) is 6.42 Å². The van der Waals surface area contributed by atoms with Gasteiger partial charge in [0.25, 0.3) is 0 Å². The van der Waals surface area contributed by atoms with E-state index in [4.69, 9.17) is 5.11 Å². The van der Waals surface area contributed by atoms with E-state index in [-0.39, 0.29) is 5.69 Å². The van der Waals surface area contributed by atoms with E-state index < -0.39 is 42.3 Å². The van der Waals surface area contributed by atoms with Crippen molar-refractivity contribution in [2.75, 3.05) is 5.32 Å². The van der Waals surface area contributed by atoms with Crippen LogP contribution in [0.25, 0.3) is 0 Å². The zero-order valence-electron chi connectivity index (χ0n) is 9.42. The van der Waals surface area contributed by atoms with Gasteiger partial charge in [0.2, 0.25) is 5.91 Å². The standard InChI is InChI=1S/C11H9F4NO3/c12-6-1-2-7(10(18)19)8(5-6)16-9(17)3-4-11(13,14)15/h1-2,5H,3-4H2,(H,16,17)(H,18,19). The normalized spacial score (nSPS) is 11.2. The molecule has 0 spiro atoms.